The van der Waals surface area contributed by atoms with Crippen LogP contribution in [0.25, 0.3) is 0 Å². The van der Waals surface area contributed by atoms with Crippen molar-refractivity contribution in [2.75, 3.05) is 0 Å². The molecule has 0 saturated heterocycles. The van der Waals surface area contributed by atoms with E-state index in [1.807, 2.05) is 0 Å². The topological polar surface area (TPSA) is 115 Å². The molecule has 0 spiro atoms. The first-order valence-corrected chi connectivity index (χ1v) is 5.62. The third-order valence-electron chi connectivity index (χ3n) is 3.20. The first-order chi connectivity index (χ1) is 9.41. The summed E-state index contributed by atoms with van der Waals surface area (Å²) in [5.74, 6) is -3.58. The maximum absolute atomic E-state index is 12.3. The number of phenolic OH excluding ortho intramolecular Hbond substituents is 4. The van der Waals surface area contributed by atoms with Gasteiger partial charge in [0.1, 0.15) is 11.5 Å². The van der Waals surface area contributed by atoms with Crippen LogP contribution in [0.2, 0.25) is 0 Å². The van der Waals surface area contributed by atoms with E-state index in [1.165, 1.54) is 6.07 Å². The van der Waals surface area contributed by atoms with Crippen molar-refractivity contribution in [3.05, 3.63) is 46.5 Å². The highest BCUT2D eigenvalue weighted by atomic mass is 16.3. The van der Waals surface area contributed by atoms with E-state index < -0.39 is 28.8 Å². The summed E-state index contributed by atoms with van der Waals surface area (Å²) >= 11 is 0. The van der Waals surface area contributed by atoms with Gasteiger partial charge in [0.15, 0.2) is 17.3 Å². The summed E-state index contributed by atoms with van der Waals surface area (Å²) in [6.45, 7) is 0. The van der Waals surface area contributed by atoms with Crippen molar-refractivity contribution < 1.29 is 30.0 Å². The van der Waals surface area contributed by atoms with Crippen LogP contribution in [0.5, 0.6) is 23.0 Å². The van der Waals surface area contributed by atoms with Crippen LogP contribution in [0.4, 0.5) is 0 Å². The molecule has 0 atom stereocenters. The van der Waals surface area contributed by atoms with Gasteiger partial charge in [-0.2, -0.15) is 0 Å². The molecule has 0 saturated carbocycles. The van der Waals surface area contributed by atoms with Gasteiger partial charge in [-0.3, -0.25) is 9.59 Å². The standard InChI is InChI=1S/C14H8O6/c15-5-3-7-10(9(17)4-5)14(20)11-6(12(7)18)1-2-8(16)13(11)19/h1-4,15-17,19H. The molecule has 4 N–H and O–H groups in total. The number of fused-ring (bicyclic) bond motifs is 2. The monoisotopic (exact) mass is 272 g/mol. The Hall–Kier alpha value is -3.02. The van der Waals surface area contributed by atoms with Crippen LogP contribution in [-0.2, 0) is 0 Å². The summed E-state index contributed by atoms with van der Waals surface area (Å²) in [5, 5.41) is 38.3. The summed E-state index contributed by atoms with van der Waals surface area (Å²) in [6.07, 6.45) is 0. The van der Waals surface area contributed by atoms with E-state index in [-0.39, 0.29) is 28.0 Å². The van der Waals surface area contributed by atoms with Gasteiger partial charge in [-0.15, -0.1) is 0 Å². The van der Waals surface area contributed by atoms with E-state index in [9.17, 15) is 30.0 Å². The number of hydrogen-bond acceptors (Lipinski definition) is 6. The second-order valence-corrected chi connectivity index (χ2v) is 4.40. The SMILES string of the molecule is O=C1c2cc(O)cc(O)c2C(=O)c2c1ccc(O)c2O. The van der Waals surface area contributed by atoms with Crippen LogP contribution < -0.4 is 0 Å². The lowest BCUT2D eigenvalue weighted by Gasteiger charge is -2.19. The molecule has 0 fully saturated rings. The molecule has 100 valence electrons. The molecule has 0 amide bonds. The van der Waals surface area contributed by atoms with Gasteiger partial charge in [-0.05, 0) is 18.2 Å². The van der Waals surface area contributed by atoms with Crippen molar-refractivity contribution in [1.82, 2.24) is 0 Å². The second kappa shape index (κ2) is 3.74. The van der Waals surface area contributed by atoms with Crippen molar-refractivity contribution in [1.29, 1.82) is 0 Å². The predicted molar refractivity (Wildman–Crippen MR) is 66.4 cm³/mol. The second-order valence-electron chi connectivity index (χ2n) is 4.40. The van der Waals surface area contributed by atoms with Gasteiger partial charge in [0.2, 0.25) is 5.78 Å². The maximum atomic E-state index is 12.3. The largest absolute Gasteiger partial charge is 0.508 e. The molecule has 2 aromatic carbocycles. The number of ketones is 2. The van der Waals surface area contributed by atoms with Crippen LogP contribution in [0.15, 0.2) is 24.3 Å². The van der Waals surface area contributed by atoms with Gasteiger partial charge in [0.05, 0.1) is 11.1 Å². The minimum absolute atomic E-state index is 0.0946. The van der Waals surface area contributed by atoms with Crippen LogP contribution >= 0.6 is 0 Å². The molecule has 0 aromatic heterocycles. The Morgan fingerprint density at radius 1 is 0.700 bits per heavy atom. The van der Waals surface area contributed by atoms with Crippen molar-refractivity contribution >= 4 is 11.6 Å². The number of hydrogen-bond donors (Lipinski definition) is 4. The van der Waals surface area contributed by atoms with Gasteiger partial charge >= 0.3 is 0 Å². The smallest absolute Gasteiger partial charge is 0.202 e. The van der Waals surface area contributed by atoms with E-state index in [0.717, 1.165) is 18.2 Å². The Kier molecular flexibility index (Phi) is 2.25. The molecule has 2 aromatic rings. The third-order valence-corrected chi connectivity index (χ3v) is 3.20. The number of phenols is 4. The Morgan fingerprint density at radius 3 is 2.10 bits per heavy atom. The van der Waals surface area contributed by atoms with E-state index in [0.29, 0.717) is 0 Å². The Balaban J connectivity index is 2.40. The number of rotatable bonds is 0. The molecular formula is C14H8O6. The average Bonchev–Trinajstić information content (AvgIpc) is 2.38. The summed E-state index contributed by atoms with van der Waals surface area (Å²) < 4.78 is 0. The fourth-order valence-electron chi connectivity index (χ4n) is 2.30. The van der Waals surface area contributed by atoms with E-state index in [2.05, 4.69) is 0 Å². The van der Waals surface area contributed by atoms with Gasteiger partial charge in [-0.1, -0.05) is 0 Å². The highest BCUT2D eigenvalue weighted by molar-refractivity contribution is 6.30. The lowest BCUT2D eigenvalue weighted by atomic mass is 9.83. The Morgan fingerprint density at radius 2 is 1.40 bits per heavy atom. The number of aromatic hydroxyl groups is 4. The molecule has 0 bridgehead atoms. The fraction of sp³-hybridized carbons (Fsp3) is 0. The summed E-state index contributed by atoms with van der Waals surface area (Å²) in [7, 11) is 0. The summed E-state index contributed by atoms with van der Waals surface area (Å²) in [5.41, 5.74) is -0.905. The van der Waals surface area contributed by atoms with Crippen molar-refractivity contribution in [3.8, 4) is 23.0 Å². The first kappa shape index (κ1) is 12.0. The van der Waals surface area contributed by atoms with E-state index >= 15 is 0 Å². The van der Waals surface area contributed by atoms with Crippen molar-refractivity contribution in [3.63, 3.8) is 0 Å². The molecule has 1 aliphatic rings. The molecule has 0 aliphatic heterocycles. The van der Waals surface area contributed by atoms with Crippen LogP contribution in [0.1, 0.15) is 31.8 Å². The molecule has 6 heteroatoms. The van der Waals surface area contributed by atoms with Gasteiger partial charge in [-0.25, -0.2) is 0 Å². The molecule has 3 rings (SSSR count). The van der Waals surface area contributed by atoms with Crippen LogP contribution in [-0.4, -0.2) is 32.0 Å². The Bertz CT molecular complexity index is 791. The van der Waals surface area contributed by atoms with E-state index in [4.69, 9.17) is 0 Å². The van der Waals surface area contributed by atoms with Crippen molar-refractivity contribution in [2.24, 2.45) is 0 Å². The van der Waals surface area contributed by atoms with E-state index in [1.54, 1.807) is 0 Å². The fourth-order valence-corrected chi connectivity index (χ4v) is 2.30. The lowest BCUT2D eigenvalue weighted by molar-refractivity contribution is 0.0973. The minimum Gasteiger partial charge on any atom is -0.508 e. The highest BCUT2D eigenvalue weighted by Gasteiger charge is 2.35. The van der Waals surface area contributed by atoms with Crippen molar-refractivity contribution in [2.45, 2.75) is 0 Å². The summed E-state index contributed by atoms with van der Waals surface area (Å²) in [4.78, 5) is 24.5. The molecule has 0 heterocycles. The van der Waals surface area contributed by atoms with Crippen LogP contribution in [0, 0.1) is 0 Å². The van der Waals surface area contributed by atoms with Gasteiger partial charge in [0.25, 0.3) is 0 Å². The highest BCUT2D eigenvalue weighted by Crippen LogP contribution is 2.41. The first-order valence-electron chi connectivity index (χ1n) is 5.62. The predicted octanol–water partition coefficient (Wildman–Crippen LogP) is 1.28. The zero-order valence-electron chi connectivity index (χ0n) is 9.91. The number of carbonyl (C=O) groups is 2. The minimum atomic E-state index is -0.791. The quantitative estimate of drug-likeness (QED) is 0.458. The van der Waals surface area contributed by atoms with Crippen LogP contribution in [0.3, 0.4) is 0 Å². The molecule has 6 nitrogen and oxygen atoms in total. The van der Waals surface area contributed by atoms with Gasteiger partial charge in [0, 0.05) is 17.2 Å². The average molecular weight is 272 g/mol. The maximum Gasteiger partial charge on any atom is 0.202 e. The zero-order chi connectivity index (χ0) is 14.6. The molecule has 20 heavy (non-hydrogen) atoms. The summed E-state index contributed by atoms with van der Waals surface area (Å²) in [6, 6.07) is 4.29. The Labute approximate surface area is 112 Å². The number of benzene rings is 2. The van der Waals surface area contributed by atoms with Gasteiger partial charge < -0.3 is 20.4 Å². The molecule has 0 radical (unpaired) electrons. The normalized spacial score (nSPS) is 13.0. The third kappa shape index (κ3) is 1.38. The molecule has 0 unspecified atom stereocenters. The molecule has 1 aliphatic carbocycles. The number of carbonyl (C=O) groups excluding carboxylic acids is 2. The molecular weight excluding hydrogens is 264 g/mol. The lowest BCUT2D eigenvalue weighted by Crippen LogP contribution is -2.21. The zero-order valence-corrected chi connectivity index (χ0v) is 9.91.